The van der Waals surface area contributed by atoms with Crippen molar-refractivity contribution in [3.05, 3.63) is 54.0 Å². The molecular formula is C16H16N2O3. The largest absolute Gasteiger partial charge is 0.459 e. The van der Waals surface area contributed by atoms with Gasteiger partial charge in [-0.25, -0.2) is 0 Å². The van der Waals surface area contributed by atoms with E-state index in [9.17, 15) is 9.59 Å². The smallest absolute Gasteiger partial charge is 0.287 e. The van der Waals surface area contributed by atoms with Crippen molar-refractivity contribution in [2.75, 3.05) is 11.4 Å². The van der Waals surface area contributed by atoms with E-state index in [1.165, 1.54) is 6.26 Å². The predicted octanol–water partition coefficient (Wildman–Crippen LogP) is 2.12. The number of hydrogen-bond acceptors (Lipinski definition) is 3. The minimum atomic E-state index is -0.288. The molecule has 0 unspecified atom stereocenters. The molecule has 3 rings (SSSR count). The second-order valence-electron chi connectivity index (χ2n) is 5.19. The number of hydrogen-bond donors (Lipinski definition) is 1. The molecule has 0 saturated carbocycles. The maximum absolute atomic E-state index is 12.1. The lowest BCUT2D eigenvalue weighted by Gasteiger charge is -2.17. The molecule has 0 aliphatic carbocycles. The fourth-order valence-corrected chi connectivity index (χ4v) is 2.44. The Labute approximate surface area is 122 Å². The van der Waals surface area contributed by atoms with Gasteiger partial charge < -0.3 is 14.6 Å². The Hall–Kier alpha value is -2.56. The Kier molecular flexibility index (Phi) is 3.48. The summed E-state index contributed by atoms with van der Waals surface area (Å²) in [4.78, 5) is 25.7. The molecule has 2 aromatic rings. The molecule has 1 aliphatic rings. The summed E-state index contributed by atoms with van der Waals surface area (Å²) < 4.78 is 5.05. The monoisotopic (exact) mass is 284 g/mol. The molecule has 108 valence electrons. The fourth-order valence-electron chi connectivity index (χ4n) is 2.44. The second-order valence-corrected chi connectivity index (χ2v) is 5.19. The molecule has 21 heavy (non-hydrogen) atoms. The molecule has 2 heterocycles. The summed E-state index contributed by atoms with van der Waals surface area (Å²) in [5.41, 5.74) is 2.01. The van der Waals surface area contributed by atoms with Crippen molar-refractivity contribution >= 4 is 17.5 Å². The Morgan fingerprint density at radius 3 is 2.71 bits per heavy atom. The van der Waals surface area contributed by atoms with Gasteiger partial charge in [0.15, 0.2) is 5.76 Å². The van der Waals surface area contributed by atoms with Crippen LogP contribution in [0.15, 0.2) is 47.1 Å². The van der Waals surface area contributed by atoms with E-state index in [2.05, 4.69) is 5.32 Å². The van der Waals surface area contributed by atoms with Gasteiger partial charge in [0.1, 0.15) is 0 Å². The van der Waals surface area contributed by atoms with Crippen molar-refractivity contribution in [3.8, 4) is 0 Å². The highest BCUT2D eigenvalue weighted by Crippen LogP contribution is 2.22. The van der Waals surface area contributed by atoms with Gasteiger partial charge in [0.2, 0.25) is 5.91 Å². The van der Waals surface area contributed by atoms with Crippen LogP contribution in [0.25, 0.3) is 0 Å². The zero-order valence-electron chi connectivity index (χ0n) is 11.7. The molecule has 1 N–H and O–H groups in total. The quantitative estimate of drug-likeness (QED) is 0.939. The number of nitrogens with zero attached hydrogens (tertiary/aromatic N) is 1. The zero-order valence-corrected chi connectivity index (χ0v) is 11.7. The molecule has 1 atom stereocenters. The first-order valence-corrected chi connectivity index (χ1v) is 6.85. The van der Waals surface area contributed by atoms with Crippen molar-refractivity contribution in [2.45, 2.75) is 19.4 Å². The van der Waals surface area contributed by atoms with Crippen molar-refractivity contribution in [3.63, 3.8) is 0 Å². The summed E-state index contributed by atoms with van der Waals surface area (Å²) in [6.07, 6.45) is 1.76. The molecule has 0 spiro atoms. The minimum absolute atomic E-state index is 0.0172. The number of anilines is 1. The molecular weight excluding hydrogens is 268 g/mol. The Bertz CT molecular complexity index is 647. The van der Waals surface area contributed by atoms with Crippen LogP contribution in [0.2, 0.25) is 0 Å². The first-order chi connectivity index (χ1) is 10.1. The van der Waals surface area contributed by atoms with Gasteiger partial charge in [-0.15, -0.1) is 0 Å². The number of furan rings is 1. The van der Waals surface area contributed by atoms with Gasteiger partial charge in [-0.05, 0) is 31.2 Å². The van der Waals surface area contributed by atoms with Gasteiger partial charge in [-0.3, -0.25) is 9.59 Å². The first kappa shape index (κ1) is 13.4. The molecule has 1 aliphatic heterocycles. The summed E-state index contributed by atoms with van der Waals surface area (Å²) in [6, 6.07) is 10.8. The van der Waals surface area contributed by atoms with Crippen LogP contribution in [0.1, 0.15) is 22.5 Å². The van der Waals surface area contributed by atoms with Crippen LogP contribution in [0.5, 0.6) is 0 Å². The van der Waals surface area contributed by atoms with Crippen molar-refractivity contribution < 1.29 is 14.0 Å². The van der Waals surface area contributed by atoms with E-state index in [0.29, 0.717) is 13.0 Å². The number of aryl methyl sites for hydroxylation is 1. The SMILES string of the molecule is Cc1ccc(N2C[C@H](NC(=O)c3ccco3)CC2=O)cc1. The van der Waals surface area contributed by atoms with E-state index < -0.39 is 0 Å². The predicted molar refractivity (Wildman–Crippen MR) is 78.1 cm³/mol. The third-order valence-electron chi connectivity index (χ3n) is 3.55. The molecule has 1 fully saturated rings. The fraction of sp³-hybridized carbons (Fsp3) is 0.250. The summed E-state index contributed by atoms with van der Waals surface area (Å²) in [6.45, 7) is 2.48. The molecule has 1 saturated heterocycles. The maximum Gasteiger partial charge on any atom is 0.287 e. The van der Waals surface area contributed by atoms with Gasteiger partial charge in [-0.1, -0.05) is 17.7 Å². The Balaban J connectivity index is 1.67. The molecule has 1 aromatic carbocycles. The number of amides is 2. The highest BCUT2D eigenvalue weighted by Gasteiger charge is 2.32. The topological polar surface area (TPSA) is 62.6 Å². The lowest BCUT2D eigenvalue weighted by atomic mass is 10.2. The van der Waals surface area contributed by atoms with E-state index in [1.54, 1.807) is 17.0 Å². The lowest BCUT2D eigenvalue weighted by Crippen LogP contribution is -2.37. The molecule has 5 nitrogen and oxygen atoms in total. The lowest BCUT2D eigenvalue weighted by molar-refractivity contribution is -0.117. The number of benzene rings is 1. The van der Waals surface area contributed by atoms with Crippen LogP contribution in [0, 0.1) is 6.92 Å². The van der Waals surface area contributed by atoms with Gasteiger partial charge in [0, 0.05) is 18.7 Å². The highest BCUT2D eigenvalue weighted by atomic mass is 16.3. The number of nitrogens with one attached hydrogen (secondary N) is 1. The summed E-state index contributed by atoms with van der Waals surface area (Å²) in [5, 5.41) is 2.83. The molecule has 5 heteroatoms. The van der Waals surface area contributed by atoms with E-state index in [-0.39, 0.29) is 23.6 Å². The van der Waals surface area contributed by atoms with Crippen LogP contribution in [-0.2, 0) is 4.79 Å². The molecule has 0 radical (unpaired) electrons. The third-order valence-corrected chi connectivity index (χ3v) is 3.55. The Morgan fingerprint density at radius 1 is 1.29 bits per heavy atom. The van der Waals surface area contributed by atoms with E-state index in [0.717, 1.165) is 11.3 Å². The third kappa shape index (κ3) is 2.81. The number of carbonyl (C=O) groups excluding carboxylic acids is 2. The number of carbonyl (C=O) groups is 2. The van der Waals surface area contributed by atoms with E-state index in [1.807, 2.05) is 31.2 Å². The zero-order chi connectivity index (χ0) is 14.8. The normalized spacial score (nSPS) is 18.0. The minimum Gasteiger partial charge on any atom is -0.459 e. The standard InChI is InChI=1S/C16H16N2O3/c1-11-4-6-13(7-5-11)18-10-12(9-15(18)19)17-16(20)14-3-2-8-21-14/h2-8,12H,9-10H2,1H3,(H,17,20)/t12-/m1/s1. The Morgan fingerprint density at radius 2 is 2.05 bits per heavy atom. The highest BCUT2D eigenvalue weighted by molar-refractivity contribution is 5.98. The van der Waals surface area contributed by atoms with Crippen molar-refractivity contribution in [1.29, 1.82) is 0 Å². The average Bonchev–Trinajstić information content (AvgIpc) is 3.10. The van der Waals surface area contributed by atoms with E-state index >= 15 is 0 Å². The summed E-state index contributed by atoms with van der Waals surface area (Å²) in [7, 11) is 0. The van der Waals surface area contributed by atoms with Crippen LogP contribution in [0.3, 0.4) is 0 Å². The van der Waals surface area contributed by atoms with Crippen LogP contribution in [0.4, 0.5) is 5.69 Å². The van der Waals surface area contributed by atoms with E-state index in [4.69, 9.17) is 4.42 Å². The average molecular weight is 284 g/mol. The van der Waals surface area contributed by atoms with Crippen LogP contribution < -0.4 is 10.2 Å². The van der Waals surface area contributed by atoms with Gasteiger partial charge in [-0.2, -0.15) is 0 Å². The van der Waals surface area contributed by atoms with Gasteiger partial charge in [0.25, 0.3) is 5.91 Å². The molecule has 1 aromatic heterocycles. The summed E-state index contributed by atoms with van der Waals surface area (Å²) >= 11 is 0. The van der Waals surface area contributed by atoms with Crippen LogP contribution >= 0.6 is 0 Å². The van der Waals surface area contributed by atoms with Crippen molar-refractivity contribution in [1.82, 2.24) is 5.32 Å². The maximum atomic E-state index is 12.1. The molecule has 2 amide bonds. The van der Waals surface area contributed by atoms with Gasteiger partial charge >= 0.3 is 0 Å². The second kappa shape index (κ2) is 5.44. The van der Waals surface area contributed by atoms with Gasteiger partial charge in [0.05, 0.1) is 12.3 Å². The van der Waals surface area contributed by atoms with Crippen molar-refractivity contribution in [2.24, 2.45) is 0 Å². The first-order valence-electron chi connectivity index (χ1n) is 6.85. The molecule has 0 bridgehead atoms. The van der Waals surface area contributed by atoms with Crippen LogP contribution in [-0.4, -0.2) is 24.4 Å². The number of rotatable bonds is 3. The summed E-state index contributed by atoms with van der Waals surface area (Å²) in [5.74, 6) is -0.0108.